The van der Waals surface area contributed by atoms with E-state index in [0.717, 1.165) is 26.0 Å². The number of nitrogens with zero attached hydrogens (tertiary/aromatic N) is 1. The van der Waals surface area contributed by atoms with Crippen molar-refractivity contribution in [1.82, 2.24) is 0 Å². The first kappa shape index (κ1) is 14.1. The van der Waals surface area contributed by atoms with Crippen molar-refractivity contribution in [3.63, 3.8) is 0 Å². The predicted molar refractivity (Wildman–Crippen MR) is 63.6 cm³/mol. The van der Waals surface area contributed by atoms with E-state index in [4.69, 9.17) is 5.73 Å². The summed E-state index contributed by atoms with van der Waals surface area (Å²) in [6.45, 7) is 2.31. The van der Waals surface area contributed by atoms with Gasteiger partial charge in [-0.2, -0.15) is 0 Å². The van der Waals surface area contributed by atoms with Crippen LogP contribution in [0.5, 0.6) is 0 Å². The van der Waals surface area contributed by atoms with E-state index < -0.39 is 25.4 Å². The second-order valence-corrected chi connectivity index (χ2v) is 6.63. The molecule has 0 bridgehead atoms. The Balaban J connectivity index is 3.43. The van der Waals surface area contributed by atoms with Crippen molar-refractivity contribution < 1.29 is 18.1 Å². The van der Waals surface area contributed by atoms with Gasteiger partial charge in [0.2, 0.25) is 5.91 Å². The van der Waals surface area contributed by atoms with Crippen LogP contribution < -0.4 is 5.73 Å². The number of nitro groups is 1. The van der Waals surface area contributed by atoms with Crippen LogP contribution in [-0.4, -0.2) is 24.0 Å². The van der Waals surface area contributed by atoms with Gasteiger partial charge in [0.15, 0.2) is 9.84 Å². The molecule has 1 aromatic carbocycles. The highest BCUT2D eigenvalue weighted by Gasteiger charge is 2.41. The van der Waals surface area contributed by atoms with Crippen LogP contribution in [0.2, 0.25) is 0 Å². The Hall–Kier alpha value is -1.96. The molecule has 0 saturated carbocycles. The van der Waals surface area contributed by atoms with E-state index in [2.05, 4.69) is 0 Å². The van der Waals surface area contributed by atoms with E-state index in [1.807, 2.05) is 0 Å². The summed E-state index contributed by atoms with van der Waals surface area (Å²) >= 11 is 0. The summed E-state index contributed by atoms with van der Waals surface area (Å²) in [4.78, 5) is 20.7. The summed E-state index contributed by atoms with van der Waals surface area (Å²) in [7, 11) is -4.07. The molecule has 1 amide bonds. The number of carbonyl (C=O) groups excluding carboxylic acids is 1. The Bertz CT molecular complexity index is 606. The molecule has 1 rings (SSSR count). The first-order chi connectivity index (χ1) is 8.10. The molecule has 2 N–H and O–H groups in total. The van der Waals surface area contributed by atoms with E-state index in [9.17, 15) is 23.3 Å². The van der Waals surface area contributed by atoms with Crippen molar-refractivity contribution >= 4 is 21.4 Å². The van der Waals surface area contributed by atoms with Crippen molar-refractivity contribution in [3.05, 3.63) is 34.4 Å². The first-order valence-electron chi connectivity index (χ1n) is 4.89. The van der Waals surface area contributed by atoms with E-state index >= 15 is 0 Å². The lowest BCUT2D eigenvalue weighted by atomic mass is 10.2. The maximum atomic E-state index is 12.1. The third-order valence-electron chi connectivity index (χ3n) is 2.60. The fourth-order valence-electron chi connectivity index (χ4n) is 1.19. The predicted octanol–water partition coefficient (Wildman–Crippen LogP) is 0.632. The summed E-state index contributed by atoms with van der Waals surface area (Å²) in [6.07, 6.45) is 0. The van der Waals surface area contributed by atoms with Gasteiger partial charge in [-0.15, -0.1) is 0 Å². The summed E-state index contributed by atoms with van der Waals surface area (Å²) in [6, 6.07) is 4.49. The molecule has 1 aromatic rings. The maximum absolute atomic E-state index is 12.1. The second-order valence-electron chi connectivity index (χ2n) is 4.13. The molecule has 7 nitrogen and oxygen atoms in total. The molecule has 0 aliphatic heterocycles. The van der Waals surface area contributed by atoms with E-state index in [-0.39, 0.29) is 10.6 Å². The average molecular weight is 272 g/mol. The number of rotatable bonds is 4. The largest absolute Gasteiger partial charge is 0.368 e. The minimum absolute atomic E-state index is 0.305. The Labute approximate surface area is 104 Å². The monoisotopic (exact) mass is 272 g/mol. The zero-order valence-corrected chi connectivity index (χ0v) is 10.6. The van der Waals surface area contributed by atoms with Gasteiger partial charge in [-0.05, 0) is 19.9 Å². The van der Waals surface area contributed by atoms with Crippen LogP contribution in [0, 0.1) is 10.1 Å². The number of benzene rings is 1. The standard InChI is InChI=1S/C10H12N2O5S/c1-10(2,9(11)13)18(16,17)8-5-3-4-7(6-8)12(14)15/h3-6H,1-2H3,(H2,11,13). The van der Waals surface area contributed by atoms with Gasteiger partial charge in [-0.1, -0.05) is 6.07 Å². The van der Waals surface area contributed by atoms with Crippen LogP contribution >= 0.6 is 0 Å². The molecular weight excluding hydrogens is 260 g/mol. The highest BCUT2D eigenvalue weighted by Crippen LogP contribution is 2.27. The van der Waals surface area contributed by atoms with Crippen LogP contribution in [0.25, 0.3) is 0 Å². The van der Waals surface area contributed by atoms with Crippen molar-refractivity contribution in [2.75, 3.05) is 0 Å². The zero-order chi connectivity index (χ0) is 14.1. The lowest BCUT2D eigenvalue weighted by Crippen LogP contribution is -2.45. The summed E-state index contributed by atoms with van der Waals surface area (Å²) in [5.41, 5.74) is 4.68. The molecule has 0 fully saturated rings. The zero-order valence-electron chi connectivity index (χ0n) is 9.78. The molecule has 8 heteroatoms. The number of sulfone groups is 1. The summed E-state index contributed by atoms with van der Waals surface area (Å²) in [5.74, 6) is -1.02. The van der Waals surface area contributed by atoms with Gasteiger partial charge in [-0.3, -0.25) is 14.9 Å². The molecule has 0 spiro atoms. The third-order valence-corrected chi connectivity index (χ3v) is 5.02. The van der Waals surface area contributed by atoms with Crippen molar-refractivity contribution in [2.45, 2.75) is 23.5 Å². The molecule has 0 aliphatic rings. The van der Waals surface area contributed by atoms with Gasteiger partial charge in [0.25, 0.3) is 5.69 Å². The van der Waals surface area contributed by atoms with Crippen molar-refractivity contribution in [3.8, 4) is 0 Å². The van der Waals surface area contributed by atoms with Crippen molar-refractivity contribution in [1.29, 1.82) is 0 Å². The number of hydrogen-bond donors (Lipinski definition) is 1. The number of primary amides is 1. The smallest absolute Gasteiger partial charge is 0.270 e. The molecular formula is C10H12N2O5S. The molecule has 0 unspecified atom stereocenters. The quantitative estimate of drug-likeness (QED) is 0.636. The summed E-state index contributed by atoms with van der Waals surface area (Å²) in [5, 5.41) is 10.6. The molecule has 18 heavy (non-hydrogen) atoms. The second kappa shape index (κ2) is 4.37. The van der Waals surface area contributed by atoms with E-state index in [1.165, 1.54) is 12.1 Å². The topological polar surface area (TPSA) is 120 Å². The lowest BCUT2D eigenvalue weighted by Gasteiger charge is -2.20. The average Bonchev–Trinajstić information content (AvgIpc) is 2.28. The third kappa shape index (κ3) is 2.19. The van der Waals surface area contributed by atoms with Crippen LogP contribution in [0.4, 0.5) is 5.69 Å². The highest BCUT2D eigenvalue weighted by molar-refractivity contribution is 7.93. The fraction of sp³-hybridized carbons (Fsp3) is 0.300. The van der Waals surface area contributed by atoms with Gasteiger partial charge >= 0.3 is 0 Å². The van der Waals surface area contributed by atoms with Crippen LogP contribution in [0.3, 0.4) is 0 Å². The van der Waals surface area contributed by atoms with Crippen LogP contribution in [-0.2, 0) is 14.6 Å². The van der Waals surface area contributed by atoms with Gasteiger partial charge in [0.1, 0.15) is 4.75 Å². The van der Waals surface area contributed by atoms with Gasteiger partial charge in [0.05, 0.1) is 9.82 Å². The number of hydrogen-bond acceptors (Lipinski definition) is 5. The molecule has 98 valence electrons. The number of amides is 1. The lowest BCUT2D eigenvalue weighted by molar-refractivity contribution is -0.385. The fourth-order valence-corrected chi connectivity index (χ4v) is 2.58. The minimum Gasteiger partial charge on any atom is -0.368 e. The Morgan fingerprint density at radius 3 is 2.39 bits per heavy atom. The van der Waals surface area contributed by atoms with Gasteiger partial charge in [0, 0.05) is 12.1 Å². The van der Waals surface area contributed by atoms with E-state index in [0.29, 0.717) is 0 Å². The molecule has 0 radical (unpaired) electrons. The van der Waals surface area contributed by atoms with Gasteiger partial charge < -0.3 is 5.73 Å². The normalized spacial score (nSPS) is 12.1. The maximum Gasteiger partial charge on any atom is 0.270 e. The van der Waals surface area contributed by atoms with Crippen LogP contribution in [0.15, 0.2) is 29.2 Å². The Morgan fingerprint density at radius 2 is 1.94 bits per heavy atom. The molecule has 0 atom stereocenters. The van der Waals surface area contributed by atoms with E-state index in [1.54, 1.807) is 0 Å². The number of nitro benzene ring substituents is 1. The molecule has 0 aromatic heterocycles. The number of carbonyl (C=O) groups is 1. The SMILES string of the molecule is CC(C)(C(N)=O)S(=O)(=O)c1cccc([N+](=O)[O-])c1. The van der Waals surface area contributed by atoms with Gasteiger partial charge in [-0.25, -0.2) is 8.42 Å². The van der Waals surface area contributed by atoms with Crippen LogP contribution in [0.1, 0.15) is 13.8 Å². The number of non-ortho nitro benzene ring substituents is 1. The first-order valence-corrected chi connectivity index (χ1v) is 6.38. The summed E-state index contributed by atoms with van der Waals surface area (Å²) < 4.78 is 22.5. The molecule has 0 heterocycles. The number of nitrogens with two attached hydrogens (primary N) is 1. The van der Waals surface area contributed by atoms with Crippen molar-refractivity contribution in [2.24, 2.45) is 5.73 Å². The highest BCUT2D eigenvalue weighted by atomic mass is 32.2. The molecule has 0 aliphatic carbocycles. The Morgan fingerprint density at radius 1 is 1.39 bits per heavy atom. The molecule has 0 saturated heterocycles. The Kier molecular flexibility index (Phi) is 3.43. The minimum atomic E-state index is -4.07.